The molecule has 0 saturated carbocycles. The first kappa shape index (κ1) is 20.2. The fourth-order valence-corrected chi connectivity index (χ4v) is 4.68. The number of hydrogen-bond donors (Lipinski definition) is 0. The molecule has 0 bridgehead atoms. The molecular formula is C27H25N3O2. The molecule has 0 radical (unpaired) electrons. The zero-order chi connectivity index (χ0) is 22.4. The van der Waals surface area contributed by atoms with Crippen molar-refractivity contribution in [2.24, 2.45) is 0 Å². The standard InChI is InChI=1S/C27H25N3O2/c1-17(2)29-24-14-7-5-11-20(24)22(27(29)32)16-25-28-23-13-6-4-12-21(23)26(31)30(25)19-10-8-9-18(3)15-19/h4-15,17,22H,16H2,1-3H3. The SMILES string of the molecule is Cc1cccc(-n2c(CC3C(=O)N(C(C)C)c4ccccc43)nc3ccccc3c2=O)c1. The molecule has 5 heteroatoms. The van der Waals surface area contributed by atoms with Crippen molar-refractivity contribution in [3.05, 3.63) is 100 Å². The Kier molecular flexibility index (Phi) is 4.89. The summed E-state index contributed by atoms with van der Waals surface area (Å²) in [5.41, 5.74) is 4.29. The Morgan fingerprint density at radius 2 is 1.69 bits per heavy atom. The molecule has 3 aromatic carbocycles. The van der Waals surface area contributed by atoms with Crippen molar-refractivity contribution in [1.29, 1.82) is 0 Å². The van der Waals surface area contributed by atoms with Crippen LogP contribution in [0.15, 0.2) is 77.6 Å². The topological polar surface area (TPSA) is 55.2 Å². The van der Waals surface area contributed by atoms with Crippen molar-refractivity contribution in [2.75, 3.05) is 4.90 Å². The lowest BCUT2D eigenvalue weighted by Gasteiger charge is -2.22. The van der Waals surface area contributed by atoms with Gasteiger partial charge in [0.1, 0.15) is 5.82 Å². The molecule has 5 nitrogen and oxygen atoms in total. The molecule has 1 amide bonds. The third kappa shape index (κ3) is 3.21. The Morgan fingerprint density at radius 1 is 0.938 bits per heavy atom. The van der Waals surface area contributed by atoms with E-state index in [0.717, 1.165) is 22.5 Å². The van der Waals surface area contributed by atoms with Crippen LogP contribution < -0.4 is 10.5 Å². The molecule has 2 heterocycles. The van der Waals surface area contributed by atoms with E-state index in [-0.39, 0.29) is 23.4 Å². The third-order valence-corrected chi connectivity index (χ3v) is 6.12. The van der Waals surface area contributed by atoms with Gasteiger partial charge < -0.3 is 4.90 Å². The smallest absolute Gasteiger partial charge is 0.265 e. The molecule has 5 rings (SSSR count). The summed E-state index contributed by atoms with van der Waals surface area (Å²) >= 11 is 0. The van der Waals surface area contributed by atoms with E-state index in [9.17, 15) is 9.59 Å². The predicted molar refractivity (Wildman–Crippen MR) is 128 cm³/mol. The third-order valence-electron chi connectivity index (χ3n) is 6.12. The first-order valence-corrected chi connectivity index (χ1v) is 11.0. The van der Waals surface area contributed by atoms with Gasteiger partial charge in [0, 0.05) is 18.2 Å². The number of hydrogen-bond acceptors (Lipinski definition) is 3. The van der Waals surface area contributed by atoms with Gasteiger partial charge in [-0.05, 0) is 62.2 Å². The predicted octanol–water partition coefficient (Wildman–Crippen LogP) is 4.78. The number of aromatic nitrogens is 2. The van der Waals surface area contributed by atoms with Crippen LogP contribution in [-0.2, 0) is 11.2 Å². The van der Waals surface area contributed by atoms with Crippen molar-refractivity contribution < 1.29 is 4.79 Å². The molecule has 4 aromatic rings. The summed E-state index contributed by atoms with van der Waals surface area (Å²) in [7, 11) is 0. The minimum atomic E-state index is -0.377. The second kappa shape index (κ2) is 7.75. The molecule has 1 unspecified atom stereocenters. The van der Waals surface area contributed by atoms with Crippen molar-refractivity contribution in [1.82, 2.24) is 9.55 Å². The first-order chi connectivity index (χ1) is 15.5. The quantitative estimate of drug-likeness (QED) is 0.475. The molecule has 160 valence electrons. The van der Waals surface area contributed by atoms with Crippen LogP contribution in [0.2, 0.25) is 0 Å². The minimum Gasteiger partial charge on any atom is -0.309 e. The highest BCUT2D eigenvalue weighted by atomic mass is 16.2. The van der Waals surface area contributed by atoms with Gasteiger partial charge in [0.2, 0.25) is 5.91 Å². The molecular weight excluding hydrogens is 398 g/mol. The van der Waals surface area contributed by atoms with Crippen LogP contribution in [-0.4, -0.2) is 21.5 Å². The van der Waals surface area contributed by atoms with Crippen molar-refractivity contribution >= 4 is 22.5 Å². The summed E-state index contributed by atoms with van der Waals surface area (Å²) < 4.78 is 1.67. The first-order valence-electron chi connectivity index (χ1n) is 11.0. The monoisotopic (exact) mass is 423 g/mol. The maximum Gasteiger partial charge on any atom is 0.265 e. The summed E-state index contributed by atoms with van der Waals surface area (Å²) in [6.07, 6.45) is 0.354. The molecule has 0 saturated heterocycles. The number of benzene rings is 3. The van der Waals surface area contributed by atoms with Crippen LogP contribution in [0.25, 0.3) is 16.6 Å². The maximum absolute atomic E-state index is 13.6. The highest BCUT2D eigenvalue weighted by Gasteiger charge is 2.39. The summed E-state index contributed by atoms with van der Waals surface area (Å²) in [4.78, 5) is 33.8. The van der Waals surface area contributed by atoms with Crippen LogP contribution in [0, 0.1) is 6.92 Å². The van der Waals surface area contributed by atoms with E-state index in [1.54, 1.807) is 10.6 Å². The normalized spacial score (nSPS) is 15.6. The average molecular weight is 424 g/mol. The second-order valence-electron chi connectivity index (χ2n) is 8.64. The van der Waals surface area contributed by atoms with Crippen LogP contribution in [0.5, 0.6) is 0 Å². The largest absolute Gasteiger partial charge is 0.309 e. The van der Waals surface area contributed by atoms with Crippen molar-refractivity contribution in [3.63, 3.8) is 0 Å². The lowest BCUT2D eigenvalue weighted by molar-refractivity contribution is -0.119. The number of carbonyl (C=O) groups excluding carboxylic acids is 1. The van der Waals surface area contributed by atoms with Crippen LogP contribution in [0.1, 0.15) is 36.7 Å². The summed E-state index contributed by atoms with van der Waals surface area (Å²) in [5, 5.41) is 0.569. The minimum absolute atomic E-state index is 0.0529. The maximum atomic E-state index is 13.6. The van der Waals surface area contributed by atoms with E-state index in [1.165, 1.54) is 0 Å². The number of para-hydroxylation sites is 2. The molecule has 0 spiro atoms. The zero-order valence-electron chi connectivity index (χ0n) is 18.4. The lowest BCUT2D eigenvalue weighted by Crippen LogP contribution is -2.36. The number of rotatable bonds is 4. The van der Waals surface area contributed by atoms with Crippen LogP contribution >= 0.6 is 0 Å². The lowest BCUT2D eigenvalue weighted by atomic mass is 9.96. The molecule has 1 aromatic heterocycles. The molecule has 1 aliphatic rings. The molecule has 0 aliphatic carbocycles. The van der Waals surface area contributed by atoms with Crippen LogP contribution in [0.3, 0.4) is 0 Å². The Bertz CT molecular complexity index is 1400. The van der Waals surface area contributed by atoms with E-state index >= 15 is 0 Å². The molecule has 32 heavy (non-hydrogen) atoms. The van der Waals surface area contributed by atoms with Gasteiger partial charge in [0.25, 0.3) is 5.56 Å². The highest BCUT2D eigenvalue weighted by Crippen LogP contribution is 2.40. The van der Waals surface area contributed by atoms with Gasteiger partial charge in [0.05, 0.1) is 22.5 Å². The van der Waals surface area contributed by atoms with Gasteiger partial charge in [-0.2, -0.15) is 0 Å². The van der Waals surface area contributed by atoms with E-state index in [0.29, 0.717) is 23.1 Å². The van der Waals surface area contributed by atoms with Gasteiger partial charge in [-0.15, -0.1) is 0 Å². The highest BCUT2D eigenvalue weighted by molar-refractivity contribution is 6.05. The number of aryl methyl sites for hydroxylation is 1. The Hall–Kier alpha value is -3.73. The second-order valence-corrected chi connectivity index (χ2v) is 8.64. The number of amides is 1. The van der Waals surface area contributed by atoms with Gasteiger partial charge >= 0.3 is 0 Å². The Balaban J connectivity index is 1.71. The van der Waals surface area contributed by atoms with Gasteiger partial charge in [-0.3, -0.25) is 14.2 Å². The van der Waals surface area contributed by atoms with E-state index in [2.05, 4.69) is 0 Å². The van der Waals surface area contributed by atoms with Gasteiger partial charge in [0.15, 0.2) is 0 Å². The average Bonchev–Trinajstić information content (AvgIpc) is 3.05. The number of carbonyl (C=O) groups is 1. The zero-order valence-corrected chi connectivity index (χ0v) is 18.4. The fraction of sp³-hybridized carbons (Fsp3) is 0.222. The van der Waals surface area contributed by atoms with E-state index in [1.807, 2.05) is 92.4 Å². The van der Waals surface area contributed by atoms with Crippen molar-refractivity contribution in [3.8, 4) is 5.69 Å². The Labute approximate surface area is 187 Å². The summed E-state index contributed by atoms with van der Waals surface area (Å²) in [6.45, 7) is 6.04. The number of nitrogens with zero attached hydrogens (tertiary/aromatic N) is 3. The van der Waals surface area contributed by atoms with Crippen LogP contribution in [0.4, 0.5) is 5.69 Å². The van der Waals surface area contributed by atoms with Crippen molar-refractivity contribution in [2.45, 2.75) is 39.2 Å². The molecule has 1 atom stereocenters. The summed E-state index contributed by atoms with van der Waals surface area (Å²) in [5.74, 6) is 0.273. The number of anilines is 1. The number of fused-ring (bicyclic) bond motifs is 2. The van der Waals surface area contributed by atoms with E-state index in [4.69, 9.17) is 4.98 Å². The molecule has 0 N–H and O–H groups in total. The van der Waals surface area contributed by atoms with Gasteiger partial charge in [-0.1, -0.05) is 42.5 Å². The fourth-order valence-electron chi connectivity index (χ4n) is 4.68. The molecule has 1 aliphatic heterocycles. The summed E-state index contributed by atoms with van der Waals surface area (Å²) in [6, 6.07) is 23.2. The van der Waals surface area contributed by atoms with Gasteiger partial charge in [-0.25, -0.2) is 4.98 Å². The van der Waals surface area contributed by atoms with E-state index < -0.39 is 0 Å². The molecule has 0 fully saturated rings. The Morgan fingerprint density at radius 3 is 2.47 bits per heavy atom.